The van der Waals surface area contributed by atoms with E-state index in [1.807, 2.05) is 0 Å². The second kappa shape index (κ2) is 5.44. The molecule has 15 heavy (non-hydrogen) atoms. The third-order valence-corrected chi connectivity index (χ3v) is 1.89. The minimum Gasteiger partial charge on any atom is -0.387 e. The van der Waals surface area contributed by atoms with E-state index < -0.39 is 17.7 Å². The second-order valence-electron chi connectivity index (χ2n) is 3.02. The van der Waals surface area contributed by atoms with Gasteiger partial charge in [0.05, 0.1) is 12.6 Å². The van der Waals surface area contributed by atoms with E-state index >= 15 is 0 Å². The van der Waals surface area contributed by atoms with E-state index in [0.717, 1.165) is 12.1 Å². The average molecular weight is 211 g/mol. The number of rotatable bonds is 4. The molecule has 1 atom stereocenters. The number of terminal acetylenes is 1. The second-order valence-corrected chi connectivity index (χ2v) is 3.02. The zero-order chi connectivity index (χ0) is 11.3. The largest absolute Gasteiger partial charge is 0.387 e. The van der Waals surface area contributed by atoms with Crippen LogP contribution >= 0.6 is 0 Å². The first-order valence-electron chi connectivity index (χ1n) is 4.42. The van der Waals surface area contributed by atoms with Crippen molar-refractivity contribution < 1.29 is 13.9 Å². The molecule has 80 valence electrons. The van der Waals surface area contributed by atoms with Gasteiger partial charge >= 0.3 is 0 Å². The van der Waals surface area contributed by atoms with Crippen molar-refractivity contribution in [3.63, 3.8) is 0 Å². The first-order chi connectivity index (χ1) is 7.15. The van der Waals surface area contributed by atoms with E-state index in [2.05, 4.69) is 11.2 Å². The average Bonchev–Trinajstić information content (AvgIpc) is 2.17. The first kappa shape index (κ1) is 11.6. The Kier molecular flexibility index (Phi) is 4.22. The lowest BCUT2D eigenvalue weighted by Gasteiger charge is -2.11. The number of benzene rings is 1. The molecule has 0 radical (unpaired) electrons. The lowest BCUT2D eigenvalue weighted by atomic mass is 10.1. The summed E-state index contributed by atoms with van der Waals surface area (Å²) in [4.78, 5) is 0. The van der Waals surface area contributed by atoms with Crippen molar-refractivity contribution in [3.05, 3.63) is 35.4 Å². The highest BCUT2D eigenvalue weighted by Crippen LogP contribution is 2.17. The Morgan fingerprint density at radius 2 is 2.20 bits per heavy atom. The summed E-state index contributed by atoms with van der Waals surface area (Å²) in [6.07, 6.45) is 3.96. The first-order valence-corrected chi connectivity index (χ1v) is 4.42. The monoisotopic (exact) mass is 211 g/mol. The molecule has 1 aromatic carbocycles. The third kappa shape index (κ3) is 3.31. The minimum absolute atomic E-state index is 0.0564. The normalized spacial score (nSPS) is 12.1. The highest BCUT2D eigenvalue weighted by Gasteiger charge is 2.12. The maximum atomic E-state index is 13.1. The summed E-state index contributed by atoms with van der Waals surface area (Å²) in [5.74, 6) is 0.896. The van der Waals surface area contributed by atoms with Crippen LogP contribution in [0.5, 0.6) is 0 Å². The molecular formula is C11H11F2NO. The van der Waals surface area contributed by atoms with Crippen LogP contribution in [0.15, 0.2) is 18.2 Å². The number of hydrogen-bond acceptors (Lipinski definition) is 2. The molecular weight excluding hydrogens is 200 g/mol. The highest BCUT2D eigenvalue weighted by molar-refractivity contribution is 5.21. The van der Waals surface area contributed by atoms with E-state index in [1.54, 1.807) is 0 Å². The molecule has 0 aliphatic rings. The molecule has 1 unspecified atom stereocenters. The zero-order valence-corrected chi connectivity index (χ0v) is 8.00. The van der Waals surface area contributed by atoms with Gasteiger partial charge < -0.3 is 10.4 Å². The van der Waals surface area contributed by atoms with Crippen molar-refractivity contribution in [1.29, 1.82) is 0 Å². The minimum atomic E-state index is -1.03. The number of halogens is 2. The highest BCUT2D eigenvalue weighted by atomic mass is 19.1. The van der Waals surface area contributed by atoms with Gasteiger partial charge in [-0.1, -0.05) is 12.0 Å². The Hall–Kier alpha value is -1.44. The van der Waals surface area contributed by atoms with Crippen molar-refractivity contribution in [3.8, 4) is 12.3 Å². The van der Waals surface area contributed by atoms with Crippen LogP contribution in [-0.4, -0.2) is 18.2 Å². The summed E-state index contributed by atoms with van der Waals surface area (Å²) in [5.41, 5.74) is 0.0564. The Bertz CT molecular complexity index is 373. The maximum absolute atomic E-state index is 13.1. The molecule has 2 N–H and O–H groups in total. The molecule has 0 aliphatic heterocycles. The van der Waals surface area contributed by atoms with Gasteiger partial charge in [-0.15, -0.1) is 6.42 Å². The van der Waals surface area contributed by atoms with E-state index in [-0.39, 0.29) is 12.1 Å². The van der Waals surface area contributed by atoms with Crippen molar-refractivity contribution >= 4 is 0 Å². The molecule has 0 bridgehead atoms. The summed E-state index contributed by atoms with van der Waals surface area (Å²) in [6, 6.07) is 3.05. The third-order valence-electron chi connectivity index (χ3n) is 1.89. The molecule has 0 amide bonds. The van der Waals surface area contributed by atoms with Gasteiger partial charge in [-0.3, -0.25) is 0 Å². The molecule has 0 heterocycles. The van der Waals surface area contributed by atoms with Gasteiger partial charge in [0.25, 0.3) is 0 Å². The molecule has 0 spiro atoms. The van der Waals surface area contributed by atoms with Gasteiger partial charge in [0.2, 0.25) is 0 Å². The molecule has 1 rings (SSSR count). The Morgan fingerprint density at radius 1 is 1.47 bits per heavy atom. The smallest absolute Gasteiger partial charge is 0.131 e. The lowest BCUT2D eigenvalue weighted by molar-refractivity contribution is 0.171. The number of aliphatic hydroxyl groups excluding tert-OH is 1. The molecule has 1 aromatic rings. The predicted octanol–water partition coefficient (Wildman–Crippen LogP) is 1.22. The van der Waals surface area contributed by atoms with Gasteiger partial charge in [-0.05, 0) is 6.07 Å². The molecule has 0 saturated heterocycles. The van der Waals surface area contributed by atoms with Crippen molar-refractivity contribution in [1.82, 2.24) is 5.32 Å². The number of nitrogens with one attached hydrogen (secondary N) is 1. The topological polar surface area (TPSA) is 32.3 Å². The van der Waals surface area contributed by atoms with Crippen LogP contribution in [0.25, 0.3) is 0 Å². The maximum Gasteiger partial charge on any atom is 0.131 e. The van der Waals surface area contributed by atoms with E-state index in [9.17, 15) is 13.9 Å². The summed E-state index contributed by atoms with van der Waals surface area (Å²) >= 11 is 0. The summed E-state index contributed by atoms with van der Waals surface area (Å²) in [5, 5.41) is 12.3. The van der Waals surface area contributed by atoms with Gasteiger partial charge in [-0.25, -0.2) is 8.78 Å². The molecule has 0 aromatic heterocycles. The van der Waals surface area contributed by atoms with E-state index in [4.69, 9.17) is 6.42 Å². The molecule has 0 saturated carbocycles. The fourth-order valence-corrected chi connectivity index (χ4v) is 1.16. The Morgan fingerprint density at radius 3 is 2.80 bits per heavy atom. The van der Waals surface area contributed by atoms with E-state index in [1.165, 1.54) is 6.07 Å². The van der Waals surface area contributed by atoms with Crippen LogP contribution in [0.2, 0.25) is 0 Å². The van der Waals surface area contributed by atoms with Crippen LogP contribution in [0, 0.1) is 24.0 Å². The predicted molar refractivity (Wildman–Crippen MR) is 53.0 cm³/mol. The van der Waals surface area contributed by atoms with Crippen LogP contribution in [-0.2, 0) is 0 Å². The standard InChI is InChI=1S/C11H11F2NO/c1-2-5-14-7-11(15)9-4-3-8(12)6-10(9)13/h1,3-4,6,11,14-15H,5,7H2. The van der Waals surface area contributed by atoms with Gasteiger partial charge in [0.1, 0.15) is 11.6 Å². The number of aliphatic hydroxyl groups is 1. The lowest BCUT2D eigenvalue weighted by Crippen LogP contribution is -2.22. The van der Waals surface area contributed by atoms with Gasteiger partial charge in [0.15, 0.2) is 0 Å². The van der Waals surface area contributed by atoms with Crippen LogP contribution in [0.1, 0.15) is 11.7 Å². The molecule has 2 nitrogen and oxygen atoms in total. The fourth-order valence-electron chi connectivity index (χ4n) is 1.16. The SMILES string of the molecule is C#CCNCC(O)c1ccc(F)cc1F. The van der Waals surface area contributed by atoms with Gasteiger partial charge in [-0.2, -0.15) is 0 Å². The van der Waals surface area contributed by atoms with Crippen molar-refractivity contribution in [2.24, 2.45) is 0 Å². The van der Waals surface area contributed by atoms with Crippen LogP contribution in [0.3, 0.4) is 0 Å². The Balaban J connectivity index is 2.66. The quantitative estimate of drug-likeness (QED) is 0.579. The summed E-state index contributed by atoms with van der Waals surface area (Å²) in [7, 11) is 0. The van der Waals surface area contributed by atoms with E-state index in [0.29, 0.717) is 6.54 Å². The zero-order valence-electron chi connectivity index (χ0n) is 8.00. The van der Waals surface area contributed by atoms with Gasteiger partial charge in [0, 0.05) is 18.2 Å². The van der Waals surface area contributed by atoms with Crippen LogP contribution in [0.4, 0.5) is 8.78 Å². The van der Waals surface area contributed by atoms with Crippen molar-refractivity contribution in [2.45, 2.75) is 6.10 Å². The Labute approximate surface area is 86.9 Å². The number of hydrogen-bond donors (Lipinski definition) is 2. The van der Waals surface area contributed by atoms with Crippen LogP contribution < -0.4 is 5.32 Å². The summed E-state index contributed by atoms with van der Waals surface area (Å²) in [6.45, 7) is 0.423. The fraction of sp³-hybridized carbons (Fsp3) is 0.273. The van der Waals surface area contributed by atoms with Crippen molar-refractivity contribution in [2.75, 3.05) is 13.1 Å². The molecule has 4 heteroatoms. The molecule has 0 aliphatic carbocycles. The summed E-state index contributed by atoms with van der Waals surface area (Å²) < 4.78 is 25.7. The molecule has 0 fully saturated rings.